The Morgan fingerprint density at radius 3 is 0.803 bits per heavy atom. The number of hydrogen-bond acceptors (Lipinski definition) is 2. The van der Waals surface area contributed by atoms with Gasteiger partial charge in [0, 0.05) is 34.1 Å². The molecule has 2 aliphatic heterocycles. The zero-order chi connectivity index (χ0) is 45.4. The van der Waals surface area contributed by atoms with E-state index in [0.717, 1.165) is 0 Å². The van der Waals surface area contributed by atoms with Crippen molar-refractivity contribution in [3.05, 3.63) is 124 Å². The molecule has 5 aromatic carbocycles. The zero-order valence-corrected chi connectivity index (χ0v) is 42.1. The lowest BCUT2D eigenvalue weighted by Crippen LogP contribution is -2.62. The largest absolute Gasteiger partial charge is 0.311 e. The topological polar surface area (TPSA) is 6.48 Å². The molecule has 0 saturated carbocycles. The highest BCUT2D eigenvalue weighted by Gasteiger charge is 2.45. The van der Waals surface area contributed by atoms with Crippen molar-refractivity contribution >= 4 is 57.2 Å². The number of anilines is 6. The molecule has 0 aromatic heterocycles. The minimum atomic E-state index is -0.0985. The number of rotatable bonds is 2. The molecular formula is C58H77BN2. The Hall–Kier alpha value is -4.24. The third-order valence-electron chi connectivity index (χ3n) is 13.5. The van der Waals surface area contributed by atoms with E-state index in [1.165, 1.54) is 89.5 Å². The molecule has 0 bridgehead atoms. The summed E-state index contributed by atoms with van der Waals surface area (Å²) in [6.45, 7) is 49.6. The molecule has 0 radical (unpaired) electrons. The van der Waals surface area contributed by atoms with Crippen molar-refractivity contribution in [2.24, 2.45) is 0 Å². The average molecular weight is 813 g/mol. The van der Waals surface area contributed by atoms with Gasteiger partial charge >= 0.3 is 0 Å². The van der Waals surface area contributed by atoms with Crippen LogP contribution < -0.4 is 26.2 Å². The molecule has 2 aliphatic rings. The predicted octanol–water partition coefficient (Wildman–Crippen LogP) is 14.9. The highest BCUT2D eigenvalue weighted by Crippen LogP contribution is 2.49. The van der Waals surface area contributed by atoms with Crippen LogP contribution in [0.4, 0.5) is 34.1 Å². The van der Waals surface area contributed by atoms with E-state index < -0.39 is 0 Å². The van der Waals surface area contributed by atoms with E-state index in [1.807, 2.05) is 0 Å². The van der Waals surface area contributed by atoms with Crippen LogP contribution in [0, 0.1) is 0 Å². The first-order chi connectivity index (χ1) is 27.7. The van der Waals surface area contributed by atoms with E-state index in [9.17, 15) is 0 Å². The Bertz CT molecular complexity index is 2290. The molecule has 61 heavy (non-hydrogen) atoms. The first-order valence-electron chi connectivity index (χ1n) is 23.1. The molecule has 0 spiro atoms. The molecular weight excluding hydrogens is 735 g/mol. The lowest BCUT2D eigenvalue weighted by Gasteiger charge is -2.46. The standard InChI is InChI=1S/C58H77BN2/c1-52(2,3)36-22-24-47-45(32-36)59-46-33-37(53(4,5)6)23-25-48(46)61(44-30-40(56(13,14)15)27-41(31-44)57(16,17)18)50-35-42(58(19,20)21)34-49(51(50)59)60(47)43-28-38(54(7,8)9)26-39(29-43)55(10,11)12/h22-35H,1-21H3. The van der Waals surface area contributed by atoms with Gasteiger partial charge in [-0.3, -0.25) is 0 Å². The minimum absolute atomic E-state index is 0.0157. The molecule has 3 heteroatoms. The SMILES string of the molecule is CC(C)(C)c1cc(N2c3ccc(C(C)(C)C)cc3B3c4cc(C(C)(C)C)ccc4N(c4cc(C(C)(C)C)cc(C(C)(C)C)c4)c4cc(C(C)(C)C)cc2c43)cc(C(C)(C)C)c1. The molecule has 0 aliphatic carbocycles. The highest BCUT2D eigenvalue weighted by atomic mass is 15.2. The van der Waals surface area contributed by atoms with Gasteiger partial charge in [0.2, 0.25) is 0 Å². The Labute approximate surface area is 372 Å². The van der Waals surface area contributed by atoms with Gasteiger partial charge in [0.1, 0.15) is 0 Å². The van der Waals surface area contributed by atoms with Crippen molar-refractivity contribution in [1.82, 2.24) is 0 Å². The summed E-state index contributed by atoms with van der Waals surface area (Å²) >= 11 is 0. The molecule has 0 saturated heterocycles. The second-order valence-electron chi connectivity index (χ2n) is 25.9. The summed E-state index contributed by atoms with van der Waals surface area (Å²) in [7, 11) is 0. The maximum absolute atomic E-state index is 2.65. The Morgan fingerprint density at radius 1 is 0.279 bits per heavy atom. The van der Waals surface area contributed by atoms with E-state index in [2.05, 4.69) is 240 Å². The monoisotopic (exact) mass is 813 g/mol. The van der Waals surface area contributed by atoms with Gasteiger partial charge < -0.3 is 9.80 Å². The fraction of sp³-hybridized carbons (Fsp3) is 0.483. The Kier molecular flexibility index (Phi) is 10.4. The van der Waals surface area contributed by atoms with Crippen LogP contribution in [0.5, 0.6) is 0 Å². The molecule has 0 atom stereocenters. The van der Waals surface area contributed by atoms with Crippen molar-refractivity contribution < 1.29 is 0 Å². The Morgan fingerprint density at radius 2 is 0.541 bits per heavy atom. The van der Waals surface area contributed by atoms with Crippen LogP contribution in [-0.2, 0) is 37.9 Å². The van der Waals surface area contributed by atoms with Gasteiger partial charge in [0.15, 0.2) is 0 Å². The van der Waals surface area contributed by atoms with Crippen LogP contribution in [0.3, 0.4) is 0 Å². The summed E-state index contributed by atoms with van der Waals surface area (Å²) in [5, 5.41) is 0. The molecule has 0 fully saturated rings. The first kappa shape index (κ1) is 44.8. The van der Waals surface area contributed by atoms with Crippen molar-refractivity contribution in [3.8, 4) is 0 Å². The van der Waals surface area contributed by atoms with Gasteiger partial charge in [-0.1, -0.05) is 182 Å². The van der Waals surface area contributed by atoms with Gasteiger partial charge in [-0.15, -0.1) is 0 Å². The van der Waals surface area contributed by atoms with E-state index in [0.29, 0.717) is 0 Å². The summed E-state index contributed by atoms with van der Waals surface area (Å²) < 4.78 is 0. The third kappa shape index (κ3) is 8.25. The predicted molar refractivity (Wildman–Crippen MR) is 271 cm³/mol. The Balaban J connectivity index is 1.71. The van der Waals surface area contributed by atoms with Gasteiger partial charge in [0.05, 0.1) is 0 Å². The number of fused-ring (bicyclic) bond motifs is 4. The maximum Gasteiger partial charge on any atom is 0.252 e. The van der Waals surface area contributed by atoms with Crippen LogP contribution in [0.1, 0.15) is 184 Å². The first-order valence-corrected chi connectivity index (χ1v) is 23.1. The summed E-state index contributed by atoms with van der Waals surface area (Å²) in [6, 6.07) is 34.8. The lowest BCUT2D eigenvalue weighted by molar-refractivity contribution is 0.568. The zero-order valence-electron chi connectivity index (χ0n) is 42.1. The molecule has 0 unspecified atom stereocenters. The molecule has 7 rings (SSSR count). The smallest absolute Gasteiger partial charge is 0.252 e. The summed E-state index contributed by atoms with van der Waals surface area (Å²) in [5.74, 6) is 0. The normalized spacial score (nSPS) is 14.9. The lowest BCUT2D eigenvalue weighted by atomic mass is 9.33. The average Bonchev–Trinajstić information content (AvgIpc) is 3.11. The number of hydrogen-bond donors (Lipinski definition) is 0. The third-order valence-corrected chi connectivity index (χ3v) is 13.5. The van der Waals surface area contributed by atoms with Crippen molar-refractivity contribution in [1.29, 1.82) is 0 Å². The summed E-state index contributed by atoms with van der Waals surface area (Å²) in [6.07, 6.45) is 0. The van der Waals surface area contributed by atoms with Crippen LogP contribution in [-0.4, -0.2) is 6.71 Å². The van der Waals surface area contributed by atoms with E-state index in [-0.39, 0.29) is 44.6 Å². The van der Waals surface area contributed by atoms with Gasteiger partial charge in [-0.2, -0.15) is 0 Å². The molecule has 0 amide bonds. The maximum atomic E-state index is 2.65. The van der Waals surface area contributed by atoms with Crippen LogP contribution in [0.25, 0.3) is 0 Å². The van der Waals surface area contributed by atoms with Gasteiger partial charge in [-0.25, -0.2) is 0 Å². The van der Waals surface area contributed by atoms with Crippen LogP contribution >= 0.6 is 0 Å². The van der Waals surface area contributed by atoms with Crippen molar-refractivity contribution in [2.75, 3.05) is 9.80 Å². The number of nitrogens with zero attached hydrogens (tertiary/aromatic N) is 2. The second kappa shape index (κ2) is 14.1. The summed E-state index contributed by atoms with van der Waals surface area (Å²) in [5.41, 5.74) is 21.0. The van der Waals surface area contributed by atoms with E-state index in [4.69, 9.17) is 0 Å². The highest BCUT2D eigenvalue weighted by molar-refractivity contribution is 7.00. The fourth-order valence-corrected chi connectivity index (χ4v) is 9.14. The van der Waals surface area contributed by atoms with E-state index >= 15 is 0 Å². The molecule has 322 valence electrons. The van der Waals surface area contributed by atoms with Crippen LogP contribution in [0.15, 0.2) is 84.9 Å². The second-order valence-corrected chi connectivity index (χ2v) is 25.9. The summed E-state index contributed by atoms with van der Waals surface area (Å²) in [4.78, 5) is 5.31. The van der Waals surface area contributed by atoms with Gasteiger partial charge in [-0.05, 0) is 142 Å². The molecule has 5 aromatic rings. The molecule has 0 N–H and O–H groups in total. The molecule has 2 nitrogen and oxygen atoms in total. The van der Waals surface area contributed by atoms with Crippen molar-refractivity contribution in [2.45, 2.75) is 183 Å². The quantitative estimate of drug-likeness (QED) is 0.160. The van der Waals surface area contributed by atoms with Gasteiger partial charge in [0.25, 0.3) is 6.71 Å². The van der Waals surface area contributed by atoms with Crippen molar-refractivity contribution in [3.63, 3.8) is 0 Å². The fourth-order valence-electron chi connectivity index (χ4n) is 9.14. The van der Waals surface area contributed by atoms with E-state index in [1.54, 1.807) is 0 Å². The van der Waals surface area contributed by atoms with Crippen LogP contribution in [0.2, 0.25) is 0 Å². The number of benzene rings is 5. The molecule has 2 heterocycles. The minimum Gasteiger partial charge on any atom is -0.311 e.